The number of aromatic nitrogens is 2. The number of fused-ring (bicyclic) bond motifs is 1. The molecule has 1 saturated heterocycles. The van der Waals surface area contributed by atoms with Crippen LogP contribution in [0.1, 0.15) is 24.4 Å². The minimum absolute atomic E-state index is 0.123. The van der Waals surface area contributed by atoms with E-state index in [9.17, 15) is 23.3 Å². The van der Waals surface area contributed by atoms with Crippen LogP contribution in [0.25, 0.3) is 10.9 Å². The second-order valence-corrected chi connectivity index (χ2v) is 11.7. The zero-order chi connectivity index (χ0) is 27.7. The molecule has 0 N–H and O–H groups in total. The number of para-hydroxylation sites is 1. The number of hydrogen-bond acceptors (Lipinski definition) is 7. The number of nitrogens with zero attached hydrogens (tertiary/aromatic N) is 5. The summed E-state index contributed by atoms with van der Waals surface area (Å²) in [5.41, 5.74) is 0.998. The zero-order valence-electron chi connectivity index (χ0n) is 21.1. The van der Waals surface area contributed by atoms with Crippen LogP contribution >= 0.6 is 11.6 Å². The van der Waals surface area contributed by atoms with Crippen molar-refractivity contribution in [1.82, 2.24) is 18.8 Å². The van der Waals surface area contributed by atoms with E-state index in [-0.39, 0.29) is 34.6 Å². The van der Waals surface area contributed by atoms with Gasteiger partial charge in [0.15, 0.2) is 0 Å². The van der Waals surface area contributed by atoms with Gasteiger partial charge in [-0.15, -0.1) is 0 Å². The molecule has 0 spiro atoms. The van der Waals surface area contributed by atoms with Crippen molar-refractivity contribution in [2.75, 3.05) is 26.2 Å². The number of hydrogen-bond donors (Lipinski definition) is 0. The third-order valence-corrected chi connectivity index (χ3v) is 9.24. The molecule has 3 aromatic carbocycles. The number of rotatable bonds is 7. The molecule has 0 aliphatic carbocycles. The molecule has 5 rings (SSSR count). The van der Waals surface area contributed by atoms with Gasteiger partial charge in [-0.1, -0.05) is 54.1 Å². The molecule has 1 aliphatic rings. The summed E-state index contributed by atoms with van der Waals surface area (Å²) in [6.45, 7) is 3.47. The van der Waals surface area contributed by atoms with Crippen LogP contribution in [0.3, 0.4) is 0 Å². The Morgan fingerprint density at radius 1 is 1.00 bits per heavy atom. The number of halogens is 1. The highest BCUT2D eigenvalue weighted by Crippen LogP contribution is 2.30. The lowest BCUT2D eigenvalue weighted by molar-refractivity contribution is -0.384. The summed E-state index contributed by atoms with van der Waals surface area (Å²) in [5.74, 6) is 0.604. The average Bonchev–Trinajstić information content (AvgIpc) is 2.94. The molecule has 202 valence electrons. The van der Waals surface area contributed by atoms with Gasteiger partial charge in [-0.2, -0.15) is 4.31 Å². The number of benzene rings is 3. The van der Waals surface area contributed by atoms with E-state index in [1.165, 1.54) is 16.4 Å². The predicted molar refractivity (Wildman–Crippen MR) is 148 cm³/mol. The highest BCUT2D eigenvalue weighted by Gasteiger charge is 2.33. The van der Waals surface area contributed by atoms with Crippen LogP contribution in [-0.4, -0.2) is 58.3 Å². The van der Waals surface area contributed by atoms with Gasteiger partial charge >= 0.3 is 0 Å². The maximum Gasteiger partial charge on any atom is 0.289 e. The number of sulfonamides is 1. The first kappa shape index (κ1) is 26.9. The minimum atomic E-state index is -3.96. The van der Waals surface area contributed by atoms with E-state index in [1.54, 1.807) is 10.6 Å². The Labute approximate surface area is 230 Å². The Morgan fingerprint density at radius 2 is 1.67 bits per heavy atom. The maximum absolute atomic E-state index is 13.5. The molecule has 4 aromatic rings. The van der Waals surface area contributed by atoms with Crippen LogP contribution in [-0.2, 0) is 16.6 Å². The summed E-state index contributed by atoms with van der Waals surface area (Å²) in [5, 5.41) is 11.7. The quantitative estimate of drug-likeness (QED) is 0.244. The standard InChI is InChI=1S/C27H26ClN5O5S/c1-19(26-29-24-10-6-5-9-22(24)27(34)32(26)18-20-7-3-2-4-8-20)30-13-15-31(16-14-30)39(37,38)21-11-12-23(28)25(17-21)33(35)36/h2-12,17,19H,13-16,18H2,1H3. The topological polar surface area (TPSA) is 119 Å². The van der Waals surface area contributed by atoms with E-state index < -0.39 is 20.6 Å². The molecule has 1 aliphatic heterocycles. The van der Waals surface area contributed by atoms with Crippen LogP contribution in [0, 0.1) is 10.1 Å². The first-order chi connectivity index (χ1) is 18.7. The van der Waals surface area contributed by atoms with Crippen LogP contribution in [0.15, 0.2) is 82.5 Å². The van der Waals surface area contributed by atoms with Crippen molar-refractivity contribution in [3.05, 3.63) is 110 Å². The molecule has 10 nitrogen and oxygen atoms in total. The molecule has 12 heteroatoms. The van der Waals surface area contributed by atoms with E-state index in [1.807, 2.05) is 55.5 Å². The number of piperazine rings is 1. The number of nitro benzene ring substituents is 1. The minimum Gasteiger partial charge on any atom is -0.291 e. The third kappa shape index (κ3) is 5.30. The van der Waals surface area contributed by atoms with Crippen molar-refractivity contribution in [2.45, 2.75) is 24.4 Å². The fourth-order valence-electron chi connectivity index (χ4n) is 4.86. The number of nitro groups is 1. The summed E-state index contributed by atoms with van der Waals surface area (Å²) in [7, 11) is -3.96. The van der Waals surface area contributed by atoms with Crippen LogP contribution < -0.4 is 5.56 Å². The van der Waals surface area contributed by atoms with Gasteiger partial charge in [0.25, 0.3) is 11.2 Å². The molecule has 1 atom stereocenters. The molecule has 0 radical (unpaired) electrons. The molecular weight excluding hydrogens is 542 g/mol. The Bertz CT molecular complexity index is 1700. The normalized spacial score (nSPS) is 15.8. The highest BCUT2D eigenvalue weighted by atomic mass is 35.5. The van der Waals surface area contributed by atoms with Crippen molar-refractivity contribution >= 4 is 38.2 Å². The van der Waals surface area contributed by atoms with E-state index in [0.29, 0.717) is 36.4 Å². The van der Waals surface area contributed by atoms with Crippen molar-refractivity contribution in [3.63, 3.8) is 0 Å². The lowest BCUT2D eigenvalue weighted by Crippen LogP contribution is -2.49. The maximum atomic E-state index is 13.5. The lowest BCUT2D eigenvalue weighted by atomic mass is 10.1. The van der Waals surface area contributed by atoms with Gasteiger partial charge in [-0.05, 0) is 36.8 Å². The first-order valence-corrected chi connectivity index (χ1v) is 14.2. The summed E-state index contributed by atoms with van der Waals surface area (Å²) in [6.07, 6.45) is 0. The van der Waals surface area contributed by atoms with Crippen LogP contribution in [0.5, 0.6) is 0 Å². The first-order valence-electron chi connectivity index (χ1n) is 12.4. The van der Waals surface area contributed by atoms with Crippen molar-refractivity contribution < 1.29 is 13.3 Å². The van der Waals surface area contributed by atoms with E-state index in [4.69, 9.17) is 16.6 Å². The molecule has 1 unspecified atom stereocenters. The van der Waals surface area contributed by atoms with Crippen LogP contribution in [0.4, 0.5) is 5.69 Å². The average molecular weight is 568 g/mol. The highest BCUT2D eigenvalue weighted by molar-refractivity contribution is 7.89. The van der Waals surface area contributed by atoms with Crippen molar-refractivity contribution in [2.24, 2.45) is 0 Å². The van der Waals surface area contributed by atoms with E-state index in [2.05, 4.69) is 4.90 Å². The molecule has 1 aromatic heterocycles. The Kier molecular flexibility index (Phi) is 7.50. The Hall–Kier alpha value is -3.64. The molecule has 2 heterocycles. The third-order valence-electron chi connectivity index (χ3n) is 7.02. The van der Waals surface area contributed by atoms with Gasteiger partial charge in [0.05, 0.1) is 33.3 Å². The van der Waals surface area contributed by atoms with Gasteiger partial charge < -0.3 is 0 Å². The molecule has 0 saturated carbocycles. The molecule has 0 amide bonds. The molecule has 39 heavy (non-hydrogen) atoms. The molecular formula is C27H26ClN5O5S. The van der Waals surface area contributed by atoms with Crippen molar-refractivity contribution in [3.8, 4) is 0 Å². The molecule has 0 bridgehead atoms. The Morgan fingerprint density at radius 3 is 2.36 bits per heavy atom. The van der Waals surface area contributed by atoms with E-state index >= 15 is 0 Å². The van der Waals surface area contributed by atoms with Crippen LogP contribution in [0.2, 0.25) is 5.02 Å². The van der Waals surface area contributed by atoms with Gasteiger partial charge in [0.1, 0.15) is 10.8 Å². The SMILES string of the molecule is CC(c1nc2ccccc2c(=O)n1Cc1ccccc1)N1CCN(S(=O)(=O)c2ccc(Cl)c([N+](=O)[O-])c2)CC1. The van der Waals surface area contributed by atoms with Gasteiger partial charge in [-0.25, -0.2) is 13.4 Å². The second-order valence-electron chi connectivity index (χ2n) is 9.35. The van der Waals surface area contributed by atoms with Gasteiger partial charge in [-0.3, -0.25) is 24.4 Å². The summed E-state index contributed by atoms with van der Waals surface area (Å²) >= 11 is 5.86. The largest absolute Gasteiger partial charge is 0.291 e. The fourth-order valence-corrected chi connectivity index (χ4v) is 6.49. The fraction of sp³-hybridized carbons (Fsp3) is 0.259. The Balaban J connectivity index is 1.41. The van der Waals surface area contributed by atoms with Crippen molar-refractivity contribution in [1.29, 1.82) is 0 Å². The summed E-state index contributed by atoms with van der Waals surface area (Å²) in [4.78, 5) is 30.9. The monoisotopic (exact) mass is 567 g/mol. The summed E-state index contributed by atoms with van der Waals surface area (Å²) < 4.78 is 29.5. The second kappa shape index (κ2) is 10.9. The van der Waals surface area contributed by atoms with E-state index in [0.717, 1.165) is 11.6 Å². The smallest absolute Gasteiger partial charge is 0.289 e. The summed E-state index contributed by atoms with van der Waals surface area (Å²) in [6, 6.07) is 20.2. The lowest BCUT2D eigenvalue weighted by Gasteiger charge is -2.37. The van der Waals surface area contributed by atoms with Gasteiger partial charge in [0.2, 0.25) is 10.0 Å². The zero-order valence-corrected chi connectivity index (χ0v) is 22.7. The predicted octanol–water partition coefficient (Wildman–Crippen LogP) is 4.07. The molecule has 1 fully saturated rings. The van der Waals surface area contributed by atoms with Gasteiger partial charge in [0, 0.05) is 32.2 Å².